The Kier molecular flexibility index (Phi) is 6.77. The SMILES string of the molecule is CCc1ccc(C(CO)NC(=O)NCc2cc(F)cc(OC)c2)cc1. The molecule has 0 bridgehead atoms. The molecule has 0 fully saturated rings. The zero-order valence-electron chi connectivity index (χ0n) is 14.4. The summed E-state index contributed by atoms with van der Waals surface area (Å²) in [6.07, 6.45) is 0.926. The van der Waals surface area contributed by atoms with Crippen LogP contribution in [0.3, 0.4) is 0 Å². The van der Waals surface area contributed by atoms with Gasteiger partial charge < -0.3 is 20.5 Å². The number of ether oxygens (including phenoxy) is 1. The number of aryl methyl sites for hydroxylation is 1. The second-order valence-electron chi connectivity index (χ2n) is 5.66. The van der Waals surface area contributed by atoms with Crippen molar-refractivity contribution in [2.24, 2.45) is 0 Å². The van der Waals surface area contributed by atoms with Gasteiger partial charge in [-0.15, -0.1) is 0 Å². The largest absolute Gasteiger partial charge is 0.497 e. The van der Waals surface area contributed by atoms with E-state index < -0.39 is 17.9 Å². The second-order valence-corrected chi connectivity index (χ2v) is 5.66. The lowest BCUT2D eigenvalue weighted by Gasteiger charge is -2.18. The van der Waals surface area contributed by atoms with Crippen molar-refractivity contribution >= 4 is 6.03 Å². The molecule has 5 nitrogen and oxygen atoms in total. The highest BCUT2D eigenvalue weighted by Crippen LogP contribution is 2.16. The van der Waals surface area contributed by atoms with Crippen molar-refractivity contribution in [2.45, 2.75) is 25.9 Å². The van der Waals surface area contributed by atoms with E-state index in [9.17, 15) is 14.3 Å². The topological polar surface area (TPSA) is 70.6 Å². The van der Waals surface area contributed by atoms with Crippen LogP contribution in [0.5, 0.6) is 5.75 Å². The third kappa shape index (κ3) is 5.46. The van der Waals surface area contributed by atoms with Gasteiger partial charge in [0, 0.05) is 12.6 Å². The normalized spacial score (nSPS) is 11.7. The monoisotopic (exact) mass is 346 g/mol. The Hall–Kier alpha value is -2.60. The summed E-state index contributed by atoms with van der Waals surface area (Å²) in [5, 5.41) is 14.9. The van der Waals surface area contributed by atoms with Gasteiger partial charge in [0.2, 0.25) is 0 Å². The van der Waals surface area contributed by atoms with Crippen LogP contribution in [0.25, 0.3) is 0 Å². The summed E-state index contributed by atoms with van der Waals surface area (Å²) in [4.78, 5) is 12.1. The van der Waals surface area contributed by atoms with Gasteiger partial charge in [-0.3, -0.25) is 0 Å². The fraction of sp³-hybridized carbons (Fsp3) is 0.316. The van der Waals surface area contributed by atoms with E-state index in [0.29, 0.717) is 11.3 Å². The number of aliphatic hydroxyl groups excluding tert-OH is 1. The van der Waals surface area contributed by atoms with Gasteiger partial charge in [0.25, 0.3) is 0 Å². The number of amides is 2. The fourth-order valence-corrected chi connectivity index (χ4v) is 2.45. The molecule has 1 unspecified atom stereocenters. The first-order valence-corrected chi connectivity index (χ1v) is 8.13. The number of halogens is 1. The number of methoxy groups -OCH3 is 1. The molecule has 134 valence electrons. The van der Waals surface area contributed by atoms with E-state index in [1.807, 2.05) is 24.3 Å². The smallest absolute Gasteiger partial charge is 0.315 e. The van der Waals surface area contributed by atoms with Crippen LogP contribution in [-0.2, 0) is 13.0 Å². The Bertz CT molecular complexity index is 704. The average Bonchev–Trinajstić information content (AvgIpc) is 2.64. The minimum Gasteiger partial charge on any atom is -0.497 e. The molecule has 0 heterocycles. The predicted molar refractivity (Wildman–Crippen MR) is 94.0 cm³/mol. The van der Waals surface area contributed by atoms with Crippen molar-refractivity contribution in [1.82, 2.24) is 10.6 Å². The summed E-state index contributed by atoms with van der Waals surface area (Å²) in [5.74, 6) is -0.0396. The Morgan fingerprint density at radius 1 is 1.20 bits per heavy atom. The van der Waals surface area contributed by atoms with Crippen molar-refractivity contribution in [3.63, 3.8) is 0 Å². The van der Waals surface area contributed by atoms with Crippen LogP contribution in [0, 0.1) is 5.82 Å². The zero-order chi connectivity index (χ0) is 18.2. The number of nitrogens with one attached hydrogen (secondary N) is 2. The molecule has 0 aliphatic heterocycles. The van der Waals surface area contributed by atoms with E-state index >= 15 is 0 Å². The Labute approximate surface area is 146 Å². The zero-order valence-corrected chi connectivity index (χ0v) is 14.4. The van der Waals surface area contributed by atoms with Crippen molar-refractivity contribution in [1.29, 1.82) is 0 Å². The molecular formula is C19H23FN2O3. The molecule has 6 heteroatoms. The molecule has 2 rings (SSSR count). The maximum Gasteiger partial charge on any atom is 0.315 e. The van der Waals surface area contributed by atoms with E-state index in [-0.39, 0.29) is 13.2 Å². The van der Waals surface area contributed by atoms with E-state index in [0.717, 1.165) is 12.0 Å². The van der Waals surface area contributed by atoms with E-state index in [1.165, 1.54) is 24.8 Å². The van der Waals surface area contributed by atoms with Crippen LogP contribution in [-0.4, -0.2) is 24.9 Å². The molecule has 0 spiro atoms. The van der Waals surface area contributed by atoms with Crippen LogP contribution in [0.2, 0.25) is 0 Å². The van der Waals surface area contributed by atoms with Crippen molar-refractivity contribution in [3.05, 3.63) is 65.0 Å². The molecule has 0 saturated heterocycles. The molecule has 2 amide bonds. The molecule has 2 aromatic rings. The van der Waals surface area contributed by atoms with Gasteiger partial charge in [0.1, 0.15) is 11.6 Å². The average molecular weight is 346 g/mol. The fourth-order valence-electron chi connectivity index (χ4n) is 2.45. The molecule has 0 radical (unpaired) electrons. The van der Waals surface area contributed by atoms with Gasteiger partial charge in [0.15, 0.2) is 0 Å². The van der Waals surface area contributed by atoms with Crippen molar-refractivity contribution in [2.75, 3.05) is 13.7 Å². The number of rotatable bonds is 7. The van der Waals surface area contributed by atoms with Gasteiger partial charge in [0.05, 0.1) is 19.8 Å². The molecule has 0 aliphatic rings. The third-order valence-corrected chi connectivity index (χ3v) is 3.90. The lowest BCUT2D eigenvalue weighted by atomic mass is 10.0. The highest BCUT2D eigenvalue weighted by atomic mass is 19.1. The first kappa shape index (κ1) is 18.7. The van der Waals surface area contributed by atoms with E-state index in [2.05, 4.69) is 17.6 Å². The minimum atomic E-state index is -0.507. The van der Waals surface area contributed by atoms with Gasteiger partial charge in [-0.05, 0) is 35.2 Å². The third-order valence-electron chi connectivity index (χ3n) is 3.90. The molecule has 0 aliphatic carbocycles. The number of carbonyl (C=O) groups is 1. The summed E-state index contributed by atoms with van der Waals surface area (Å²) in [6, 6.07) is 11.0. The quantitative estimate of drug-likeness (QED) is 0.722. The Balaban J connectivity index is 1.94. The maximum atomic E-state index is 13.4. The number of urea groups is 1. The van der Waals surface area contributed by atoms with E-state index in [1.54, 1.807) is 6.07 Å². The molecule has 1 atom stereocenters. The Morgan fingerprint density at radius 2 is 1.92 bits per heavy atom. The van der Waals surface area contributed by atoms with Crippen LogP contribution in [0.1, 0.15) is 29.7 Å². The molecular weight excluding hydrogens is 323 g/mol. The Morgan fingerprint density at radius 3 is 2.52 bits per heavy atom. The number of benzene rings is 2. The molecule has 25 heavy (non-hydrogen) atoms. The van der Waals surface area contributed by atoms with Gasteiger partial charge in [-0.2, -0.15) is 0 Å². The van der Waals surface area contributed by atoms with Crippen LogP contribution in [0.15, 0.2) is 42.5 Å². The van der Waals surface area contributed by atoms with E-state index in [4.69, 9.17) is 4.74 Å². The van der Waals surface area contributed by atoms with Crippen LogP contribution in [0.4, 0.5) is 9.18 Å². The molecule has 3 N–H and O–H groups in total. The lowest BCUT2D eigenvalue weighted by Crippen LogP contribution is -2.38. The number of carbonyl (C=O) groups excluding carboxylic acids is 1. The first-order valence-electron chi connectivity index (χ1n) is 8.13. The summed E-state index contributed by atoms with van der Waals surface area (Å²) < 4.78 is 18.4. The van der Waals surface area contributed by atoms with Gasteiger partial charge in [-0.1, -0.05) is 31.2 Å². The lowest BCUT2D eigenvalue weighted by molar-refractivity contribution is 0.216. The maximum absolute atomic E-state index is 13.4. The van der Waals surface area contributed by atoms with Crippen molar-refractivity contribution in [3.8, 4) is 5.75 Å². The summed E-state index contributed by atoms with van der Waals surface area (Å²) >= 11 is 0. The highest BCUT2D eigenvalue weighted by molar-refractivity contribution is 5.74. The van der Waals surface area contributed by atoms with Crippen molar-refractivity contribution < 1.29 is 19.0 Å². The molecule has 0 aromatic heterocycles. The summed E-state index contributed by atoms with van der Waals surface area (Å²) in [7, 11) is 1.45. The van der Waals surface area contributed by atoms with Crippen LogP contribution < -0.4 is 15.4 Å². The molecule has 2 aromatic carbocycles. The second kappa shape index (κ2) is 9.03. The minimum absolute atomic E-state index is 0.146. The molecule has 0 saturated carbocycles. The number of hydrogen-bond donors (Lipinski definition) is 3. The predicted octanol–water partition coefficient (Wildman–Crippen LogP) is 2.93. The number of aliphatic hydroxyl groups is 1. The highest BCUT2D eigenvalue weighted by Gasteiger charge is 2.13. The first-order chi connectivity index (χ1) is 12.0. The summed E-state index contributed by atoms with van der Waals surface area (Å²) in [6.45, 7) is 1.99. The van der Waals surface area contributed by atoms with Gasteiger partial charge >= 0.3 is 6.03 Å². The van der Waals surface area contributed by atoms with Crippen LogP contribution >= 0.6 is 0 Å². The summed E-state index contributed by atoms with van der Waals surface area (Å²) in [5.41, 5.74) is 2.59. The van der Waals surface area contributed by atoms with Gasteiger partial charge in [-0.25, -0.2) is 9.18 Å². The number of hydrogen-bond acceptors (Lipinski definition) is 3. The standard InChI is InChI=1S/C19H23FN2O3/c1-3-13-4-6-15(7-5-13)18(12-23)22-19(24)21-11-14-8-16(20)10-17(9-14)25-2/h4-10,18,23H,3,11-12H2,1-2H3,(H2,21,22,24).